The monoisotopic (exact) mass is 1310 g/mol. The van der Waals surface area contributed by atoms with Gasteiger partial charge in [0, 0.05) is 55.8 Å². The molecule has 0 spiro atoms. The topological polar surface area (TPSA) is 296 Å². The zero-order valence-electron chi connectivity index (χ0n) is 60.3. The largest absolute Gasteiger partial charge is 0.478 e. The fraction of sp³-hybridized carbons (Fsp3) is 0.710. The molecule has 524 valence electrons. The van der Waals surface area contributed by atoms with Crippen LogP contribution in [-0.4, -0.2) is 226 Å². The Labute approximate surface area is 554 Å². The van der Waals surface area contributed by atoms with Crippen molar-refractivity contribution in [1.29, 1.82) is 0 Å². The fourth-order valence-corrected chi connectivity index (χ4v) is 11.8. The van der Waals surface area contributed by atoms with E-state index in [1.165, 1.54) is 124 Å². The molecule has 1 fully saturated rings. The molecule has 11 amide bonds. The van der Waals surface area contributed by atoms with Gasteiger partial charge in [-0.05, 0) is 125 Å². The smallest absolute Gasteiger partial charge is 0.335 e. The third-order valence-corrected chi connectivity index (χ3v) is 17.6. The summed E-state index contributed by atoms with van der Waals surface area (Å²) in [7, 11) is 10.1. The number of carboxylic acids is 1. The Morgan fingerprint density at radius 2 is 0.763 bits per heavy atom. The van der Waals surface area contributed by atoms with Gasteiger partial charge in [0.05, 0.1) is 5.56 Å². The lowest BCUT2D eigenvalue weighted by molar-refractivity contribution is -0.156. The van der Waals surface area contributed by atoms with Crippen LogP contribution in [-0.2, 0) is 59.2 Å². The van der Waals surface area contributed by atoms with Crippen molar-refractivity contribution in [2.75, 3.05) is 49.3 Å². The number of carboxylic acid groups (broad SMARTS) is 1. The van der Waals surface area contributed by atoms with E-state index < -0.39 is 149 Å². The third kappa shape index (κ3) is 22.9. The molecule has 24 heteroatoms. The summed E-state index contributed by atoms with van der Waals surface area (Å²) in [5, 5.41) is 20.8. The Bertz CT molecular complexity index is 2790. The highest BCUT2D eigenvalue weighted by molar-refractivity contribution is 6.00. The zero-order valence-corrected chi connectivity index (χ0v) is 60.3. The molecule has 24 nitrogen and oxygen atoms in total. The number of rotatable bonds is 17. The minimum atomic E-state index is -1.38. The summed E-state index contributed by atoms with van der Waals surface area (Å²) in [6, 6.07) is -7.82. The number of aromatic carboxylic acids is 1. The maximum absolute atomic E-state index is 15.3. The van der Waals surface area contributed by atoms with Crippen molar-refractivity contribution in [3.63, 3.8) is 0 Å². The molecule has 1 saturated heterocycles. The summed E-state index contributed by atoms with van der Waals surface area (Å²) in [6.07, 6.45) is 4.79. The molecule has 0 radical (unpaired) electrons. The highest BCUT2D eigenvalue weighted by atomic mass is 16.4. The molecule has 0 bridgehead atoms. The fourth-order valence-electron chi connectivity index (χ4n) is 11.8. The van der Waals surface area contributed by atoms with Crippen molar-refractivity contribution in [2.45, 2.75) is 229 Å². The van der Waals surface area contributed by atoms with Gasteiger partial charge in [-0.3, -0.25) is 52.7 Å². The number of nitrogens with one attached hydrogen (secondary N) is 4. The molecule has 2 rings (SSSR count). The van der Waals surface area contributed by atoms with Crippen LogP contribution in [0, 0.1) is 41.4 Å². The van der Waals surface area contributed by atoms with Crippen LogP contribution in [0.4, 0.5) is 0 Å². The number of carbonyl (C=O) groups is 12. The quantitative estimate of drug-likeness (QED) is 0.125. The molecular weight excluding hydrogens is 1190 g/mol. The van der Waals surface area contributed by atoms with Gasteiger partial charge in [-0.25, -0.2) is 4.79 Å². The minimum absolute atomic E-state index is 0.0281. The Hall–Kier alpha value is -7.40. The first kappa shape index (κ1) is 81.7. The summed E-state index contributed by atoms with van der Waals surface area (Å²) in [6.45, 7) is 30.0. The van der Waals surface area contributed by atoms with Gasteiger partial charge in [0.2, 0.25) is 65.0 Å². The minimum Gasteiger partial charge on any atom is -0.478 e. The molecule has 1 aliphatic heterocycles. The molecule has 93 heavy (non-hydrogen) atoms. The van der Waals surface area contributed by atoms with Gasteiger partial charge in [-0.1, -0.05) is 114 Å². The molecule has 0 saturated carbocycles. The van der Waals surface area contributed by atoms with Gasteiger partial charge >= 0.3 is 5.97 Å². The highest BCUT2D eigenvalue weighted by Crippen LogP contribution is 2.26. The Morgan fingerprint density at radius 3 is 1.18 bits per heavy atom. The number of amides is 11. The first-order valence-electron chi connectivity index (χ1n) is 33.1. The van der Waals surface area contributed by atoms with Gasteiger partial charge in [-0.15, -0.1) is 0 Å². The van der Waals surface area contributed by atoms with Crippen LogP contribution in [0.5, 0.6) is 0 Å². The van der Waals surface area contributed by atoms with Crippen molar-refractivity contribution >= 4 is 70.9 Å². The molecule has 0 aromatic heterocycles. The third-order valence-electron chi connectivity index (χ3n) is 17.6. The molecule has 1 heterocycles. The van der Waals surface area contributed by atoms with Crippen LogP contribution < -0.4 is 21.3 Å². The lowest BCUT2D eigenvalue weighted by Gasteiger charge is -2.41. The maximum atomic E-state index is 15.3. The number of benzene rings is 1. The average Bonchev–Trinajstić information content (AvgIpc) is 0.868. The second-order valence-corrected chi connectivity index (χ2v) is 28.2. The predicted octanol–water partition coefficient (Wildman–Crippen LogP) is 5.22. The predicted molar refractivity (Wildman–Crippen MR) is 358 cm³/mol. The zero-order chi connectivity index (χ0) is 71.5. The van der Waals surface area contributed by atoms with Gasteiger partial charge in [0.25, 0.3) is 0 Å². The summed E-state index contributed by atoms with van der Waals surface area (Å²) in [5.74, 6) is -10.5. The number of likely N-dealkylation sites (N-methyl/N-ethyl adjacent to an activating group) is 7. The van der Waals surface area contributed by atoms with Crippen LogP contribution in [0.2, 0.25) is 0 Å². The summed E-state index contributed by atoms with van der Waals surface area (Å²) >= 11 is 0. The first-order chi connectivity index (χ1) is 43.0. The van der Waals surface area contributed by atoms with Gasteiger partial charge in [0.1, 0.15) is 66.5 Å². The van der Waals surface area contributed by atoms with E-state index in [0.717, 1.165) is 4.90 Å². The maximum Gasteiger partial charge on any atom is 0.335 e. The lowest BCUT2D eigenvalue weighted by Crippen LogP contribution is -2.62. The molecule has 1 aromatic carbocycles. The standard InChI is InChI=1S/C69H115N11O13/c1-25-26-27-44(14)36-52-60(83)72-47(17)63(86)78(22)55(37-48-28-30-49(31-29-48)69(92)93)65(88)74(18)51(33-39(4)5)61(84)73-56(42(10)11)67(90)75(19)50(32-38(2)3)59(82)70-45(15)58(81)71-46(16)62(85)77(21)53(34-40(6)7)64(87)79(23)54(35-41(8)9)66(89)80(24)57(43(12)13)68(91)76(52)20/h25-26,28-31,38-47,50-57H,27,32-37H2,1-24H3,(H,70,82)(H,71,81)(H,72,83)(H,73,84)(H,92,93)/b26-25+/t44-,45+,46-,47+,50+,51+,52?,53+,54+,55-,56+,57+/m1/s1. The lowest BCUT2D eigenvalue weighted by atomic mass is 9.93. The van der Waals surface area contributed by atoms with Crippen LogP contribution in [0.1, 0.15) is 172 Å². The second-order valence-electron chi connectivity index (χ2n) is 28.2. The Morgan fingerprint density at radius 1 is 0.419 bits per heavy atom. The SMILES string of the molecule is C/C=C/C[C@@H](C)CC1C(=O)N[C@@H](C)C(=O)N(C)[C@H](Cc2ccc(C(=O)O)cc2)C(=O)N(C)[C@@H](CC(C)C)C(=O)N[C@@H](C(C)C)C(=O)N(C)[C@@H](CC(C)C)C(=O)N[C@@H](C)C(=O)N[C@H](C)C(=O)N(C)[C@@H](CC(C)C)C(=O)N(C)[C@@H](CC(C)C)C(=O)N(C)[C@@H](C(C)C)C(=O)N1C. The molecule has 1 aromatic rings. The molecule has 5 N–H and O–H groups in total. The summed E-state index contributed by atoms with van der Waals surface area (Å²) in [5.41, 5.74) is 0.426. The number of hydrogen-bond donors (Lipinski definition) is 5. The summed E-state index contributed by atoms with van der Waals surface area (Å²) < 4.78 is 0. The van der Waals surface area contributed by atoms with Crippen LogP contribution in [0.25, 0.3) is 0 Å². The van der Waals surface area contributed by atoms with Gasteiger partial charge in [-0.2, -0.15) is 0 Å². The molecule has 12 atom stereocenters. The van der Waals surface area contributed by atoms with Crippen LogP contribution >= 0.6 is 0 Å². The van der Waals surface area contributed by atoms with E-state index in [1.54, 1.807) is 27.7 Å². The van der Waals surface area contributed by atoms with Crippen LogP contribution in [0.15, 0.2) is 36.4 Å². The number of allylic oxidation sites excluding steroid dienone is 2. The average molecular weight is 1310 g/mol. The van der Waals surface area contributed by atoms with Crippen molar-refractivity contribution < 1.29 is 62.6 Å². The van der Waals surface area contributed by atoms with E-state index >= 15 is 19.2 Å². The van der Waals surface area contributed by atoms with Crippen molar-refractivity contribution in [2.24, 2.45) is 41.4 Å². The van der Waals surface area contributed by atoms with E-state index in [-0.39, 0.29) is 73.7 Å². The van der Waals surface area contributed by atoms with E-state index in [0.29, 0.717) is 12.0 Å². The van der Waals surface area contributed by atoms with E-state index in [4.69, 9.17) is 0 Å². The molecular formula is C69H115N11O13. The van der Waals surface area contributed by atoms with Gasteiger partial charge in [0.15, 0.2) is 0 Å². The molecule has 0 aliphatic carbocycles. The molecule has 1 aliphatic rings. The van der Waals surface area contributed by atoms with Gasteiger partial charge < -0.3 is 60.7 Å². The number of hydrogen-bond acceptors (Lipinski definition) is 12. The Kier molecular flexibility index (Phi) is 32.4. The van der Waals surface area contributed by atoms with E-state index in [9.17, 15) is 43.5 Å². The van der Waals surface area contributed by atoms with Crippen molar-refractivity contribution in [1.82, 2.24) is 55.6 Å². The molecule has 1 unspecified atom stereocenters. The van der Waals surface area contributed by atoms with Crippen molar-refractivity contribution in [3.8, 4) is 0 Å². The summed E-state index contributed by atoms with van der Waals surface area (Å²) in [4.78, 5) is 184. The number of nitrogens with zero attached hydrogens (tertiary/aromatic N) is 7. The van der Waals surface area contributed by atoms with Crippen LogP contribution in [0.3, 0.4) is 0 Å². The first-order valence-corrected chi connectivity index (χ1v) is 33.1. The highest BCUT2D eigenvalue weighted by Gasteiger charge is 2.45. The normalized spacial score (nSPS) is 26.0. The second kappa shape index (κ2) is 36.9. The van der Waals surface area contributed by atoms with E-state index in [1.807, 2.05) is 81.4 Å². The van der Waals surface area contributed by atoms with E-state index in [2.05, 4.69) is 21.3 Å². The van der Waals surface area contributed by atoms with Crippen molar-refractivity contribution in [3.05, 3.63) is 47.5 Å². The number of carbonyl (C=O) groups excluding carboxylic acids is 11. The Balaban J connectivity index is 3.10.